The summed E-state index contributed by atoms with van der Waals surface area (Å²) in [7, 11) is 0. The van der Waals surface area contributed by atoms with Gasteiger partial charge >= 0.3 is 4.61 Å². The molecule has 0 aromatic heterocycles. The van der Waals surface area contributed by atoms with Crippen LogP contribution >= 0.6 is 31.9 Å². The van der Waals surface area contributed by atoms with Crippen LogP contribution < -0.4 is 0 Å². The monoisotopic (exact) mass is 344 g/mol. The molecule has 2 rings (SSSR count). The van der Waals surface area contributed by atoms with E-state index in [-0.39, 0.29) is 0 Å². The second-order valence-corrected chi connectivity index (χ2v) is 4.68. The molecule has 6 heteroatoms. The lowest BCUT2D eigenvalue weighted by atomic mass is 10.2. The molecule has 2 heterocycles. The second-order valence-electron chi connectivity index (χ2n) is 3.06. The predicted molar refractivity (Wildman–Crippen MR) is 68.2 cm³/mol. The average Bonchev–Trinajstić information content (AvgIpc) is 2.27. The molecule has 0 aromatic rings. The molecule has 0 N–H and O–H groups in total. The van der Waals surface area contributed by atoms with Gasteiger partial charge in [0.05, 0.1) is 9.37 Å². The third-order valence-electron chi connectivity index (χ3n) is 2.06. The molecular formula is C10H6Br2N2O2. The van der Waals surface area contributed by atoms with Crippen molar-refractivity contribution in [2.45, 2.75) is 0 Å². The number of halogens is 2. The molecule has 0 unspecified atom stereocenters. The van der Waals surface area contributed by atoms with E-state index < -0.39 is 0 Å². The highest BCUT2D eigenvalue weighted by molar-refractivity contribution is 9.11. The van der Waals surface area contributed by atoms with Crippen molar-refractivity contribution in [2.24, 2.45) is 0 Å². The molecule has 2 aliphatic heterocycles. The molecule has 0 bridgehead atoms. The molecule has 0 atom stereocenters. The van der Waals surface area contributed by atoms with Crippen LogP contribution in [0.3, 0.4) is 0 Å². The fourth-order valence-corrected chi connectivity index (χ4v) is 2.00. The summed E-state index contributed by atoms with van der Waals surface area (Å²) in [6, 6.07) is 0. The van der Waals surface area contributed by atoms with Gasteiger partial charge in [-0.25, -0.2) is 0 Å². The Hall–Kier alpha value is -0.980. The lowest BCUT2D eigenvalue weighted by molar-refractivity contribution is -0.427. The molecular weight excluding hydrogens is 340 g/mol. The van der Waals surface area contributed by atoms with Crippen molar-refractivity contribution in [3.05, 3.63) is 67.2 Å². The first kappa shape index (κ1) is 11.5. The van der Waals surface area contributed by atoms with Gasteiger partial charge < -0.3 is 10.3 Å². The highest BCUT2D eigenvalue weighted by Crippen LogP contribution is 2.28. The number of hydroxylamine groups is 2. The molecule has 0 saturated carbocycles. The van der Waals surface area contributed by atoms with Gasteiger partial charge in [-0.1, -0.05) is 6.08 Å². The van der Waals surface area contributed by atoms with Crippen molar-refractivity contribution in [3.63, 3.8) is 0 Å². The summed E-state index contributed by atoms with van der Waals surface area (Å²) in [6.07, 6.45) is 9.82. The smallest absolute Gasteiger partial charge is 0.304 e. The van der Waals surface area contributed by atoms with Gasteiger partial charge in [-0.05, 0) is 34.2 Å². The maximum atomic E-state index is 11.7. The standard InChI is InChI=1S/C10H6Br2N2O2/c11-9-5-1-3-7(13(9)15)8-4-2-6-10(12)14(8)16/h1-6H. The normalized spacial score (nSPS) is 24.7. The molecule has 0 aromatic carbocycles. The van der Waals surface area contributed by atoms with E-state index in [1.807, 2.05) is 0 Å². The fourth-order valence-electron chi connectivity index (χ4n) is 1.32. The van der Waals surface area contributed by atoms with Crippen LogP contribution in [0.15, 0.2) is 57.1 Å². The number of nitrogens with zero attached hydrogens (tertiary/aromatic N) is 2. The Morgan fingerprint density at radius 3 is 2.62 bits per heavy atom. The van der Waals surface area contributed by atoms with Crippen molar-refractivity contribution < 1.29 is 4.76 Å². The Kier molecular flexibility index (Phi) is 3.22. The van der Waals surface area contributed by atoms with E-state index in [0.717, 1.165) is 0 Å². The van der Waals surface area contributed by atoms with Crippen LogP contribution in [0, 0.1) is 10.1 Å². The van der Waals surface area contributed by atoms with E-state index in [1.54, 1.807) is 36.5 Å². The minimum absolute atomic E-state index is 0.297. The van der Waals surface area contributed by atoms with Gasteiger partial charge in [-0.3, -0.25) is 0 Å². The minimum atomic E-state index is 0.297. The molecule has 4 nitrogen and oxygen atoms in total. The number of nitroso groups, excluding NO2 is 1. The largest absolute Gasteiger partial charge is 0.753 e. The number of hydrogen-bond acceptors (Lipinski definition) is 3. The topological polar surface area (TPSA) is 46.4 Å². The fraction of sp³-hybridized carbons (Fsp3) is 0. The third-order valence-corrected chi connectivity index (χ3v) is 3.24. The van der Waals surface area contributed by atoms with Gasteiger partial charge in [0.1, 0.15) is 5.70 Å². The van der Waals surface area contributed by atoms with Crippen LogP contribution in [0.25, 0.3) is 0 Å². The second kappa shape index (κ2) is 4.48. The Labute approximate surface area is 109 Å². The van der Waals surface area contributed by atoms with Crippen LogP contribution in [-0.4, -0.2) is 9.82 Å². The van der Waals surface area contributed by atoms with Crippen LogP contribution in [0.5, 0.6) is 0 Å². The lowest BCUT2D eigenvalue weighted by Gasteiger charge is -2.32. The SMILES string of the molecule is O=[N+]1C(Br)=CC=CC1=C1C=CC=C(Br)N1[O-]. The Bertz CT molecular complexity index is 501. The summed E-state index contributed by atoms with van der Waals surface area (Å²) in [5.74, 6) is 0. The summed E-state index contributed by atoms with van der Waals surface area (Å²) < 4.78 is 1.39. The summed E-state index contributed by atoms with van der Waals surface area (Å²) in [5.41, 5.74) is 0.594. The van der Waals surface area contributed by atoms with Crippen LogP contribution in [0.4, 0.5) is 0 Å². The Morgan fingerprint density at radius 1 is 1.19 bits per heavy atom. The van der Waals surface area contributed by atoms with Gasteiger partial charge in [0, 0.05) is 33.0 Å². The predicted octanol–water partition coefficient (Wildman–Crippen LogP) is 3.39. The highest BCUT2D eigenvalue weighted by Gasteiger charge is 2.27. The first-order chi connectivity index (χ1) is 7.61. The van der Waals surface area contributed by atoms with Crippen molar-refractivity contribution in [3.8, 4) is 0 Å². The zero-order valence-corrected chi connectivity index (χ0v) is 11.1. The zero-order valence-electron chi connectivity index (χ0n) is 7.93. The van der Waals surface area contributed by atoms with Crippen LogP contribution in [0.2, 0.25) is 0 Å². The van der Waals surface area contributed by atoms with E-state index in [1.165, 1.54) is 0 Å². The lowest BCUT2D eigenvalue weighted by Crippen LogP contribution is -2.18. The Morgan fingerprint density at radius 2 is 1.88 bits per heavy atom. The quantitative estimate of drug-likeness (QED) is 0.499. The number of hydrogen-bond donors (Lipinski definition) is 0. The average molecular weight is 346 g/mol. The number of allylic oxidation sites excluding steroid dienone is 6. The van der Waals surface area contributed by atoms with Crippen molar-refractivity contribution in [2.75, 3.05) is 0 Å². The molecule has 16 heavy (non-hydrogen) atoms. The zero-order chi connectivity index (χ0) is 11.7. The molecule has 2 aliphatic rings. The molecule has 0 radical (unpaired) electrons. The molecule has 0 amide bonds. The summed E-state index contributed by atoms with van der Waals surface area (Å²) in [6.45, 7) is 0. The summed E-state index contributed by atoms with van der Waals surface area (Å²) in [5, 5.41) is 12.4. The van der Waals surface area contributed by atoms with Gasteiger partial charge in [0.2, 0.25) is 0 Å². The molecule has 0 fully saturated rings. The van der Waals surface area contributed by atoms with Crippen LogP contribution in [0.1, 0.15) is 0 Å². The summed E-state index contributed by atoms with van der Waals surface area (Å²) in [4.78, 5) is 11.7. The Balaban J connectivity index is 2.48. The van der Waals surface area contributed by atoms with Gasteiger partial charge in [0.15, 0.2) is 0 Å². The maximum absolute atomic E-state index is 11.7. The van der Waals surface area contributed by atoms with Crippen molar-refractivity contribution in [1.82, 2.24) is 5.06 Å². The van der Waals surface area contributed by atoms with Gasteiger partial charge in [-0.2, -0.15) is 0 Å². The highest BCUT2D eigenvalue weighted by atomic mass is 79.9. The van der Waals surface area contributed by atoms with E-state index >= 15 is 0 Å². The molecule has 0 aliphatic carbocycles. The first-order valence-corrected chi connectivity index (χ1v) is 5.96. The van der Waals surface area contributed by atoms with E-state index in [2.05, 4.69) is 31.9 Å². The molecule has 0 saturated heterocycles. The third kappa shape index (κ3) is 1.95. The van der Waals surface area contributed by atoms with Crippen LogP contribution in [-0.2, 0) is 0 Å². The number of rotatable bonds is 0. The van der Waals surface area contributed by atoms with Crippen molar-refractivity contribution in [1.29, 1.82) is 0 Å². The first-order valence-electron chi connectivity index (χ1n) is 4.38. The van der Waals surface area contributed by atoms with Crippen molar-refractivity contribution >= 4 is 31.9 Å². The van der Waals surface area contributed by atoms with E-state index in [0.29, 0.717) is 30.4 Å². The van der Waals surface area contributed by atoms with E-state index in [4.69, 9.17) is 0 Å². The van der Waals surface area contributed by atoms with E-state index in [9.17, 15) is 10.1 Å². The molecule has 0 spiro atoms. The molecule has 82 valence electrons. The summed E-state index contributed by atoms with van der Waals surface area (Å²) >= 11 is 6.23. The minimum Gasteiger partial charge on any atom is -0.753 e. The van der Waals surface area contributed by atoms with Gasteiger partial charge in [0.25, 0.3) is 5.70 Å². The van der Waals surface area contributed by atoms with Gasteiger partial charge in [-0.15, -0.1) is 0 Å². The maximum Gasteiger partial charge on any atom is 0.304 e.